The topological polar surface area (TPSA) is 19.4 Å². The molecule has 29 heavy (non-hydrogen) atoms. The molecule has 1 fully saturated rings. The average molecular weight is 386 g/mol. The molecule has 0 saturated carbocycles. The summed E-state index contributed by atoms with van der Waals surface area (Å²) in [5.74, 6) is 0. The Labute approximate surface area is 174 Å². The van der Waals surface area contributed by atoms with Crippen LogP contribution in [0.4, 0.5) is 0 Å². The molecule has 1 aromatic carbocycles. The summed E-state index contributed by atoms with van der Waals surface area (Å²) >= 11 is 0. The van der Waals surface area contributed by atoms with Crippen LogP contribution in [0.15, 0.2) is 72.6 Å². The molecule has 2 aliphatic heterocycles. The van der Waals surface area contributed by atoms with E-state index in [4.69, 9.17) is 0 Å². The predicted octanol–water partition coefficient (Wildman–Crippen LogP) is 4.92. The molecule has 150 valence electrons. The lowest BCUT2D eigenvalue weighted by molar-refractivity contribution is 0.0839. The van der Waals surface area contributed by atoms with Crippen LogP contribution in [0, 0.1) is 0 Å². The lowest BCUT2D eigenvalue weighted by atomic mass is 9.90. The number of fused-ring (bicyclic) bond motifs is 1. The Hall–Kier alpha value is -2.23. The second-order valence-corrected chi connectivity index (χ2v) is 8.63. The van der Waals surface area contributed by atoms with Gasteiger partial charge in [0.15, 0.2) is 0 Å². The Bertz CT molecular complexity index is 878. The Morgan fingerprint density at radius 1 is 0.931 bits per heavy atom. The van der Waals surface area contributed by atoms with E-state index in [0.29, 0.717) is 12.1 Å². The molecule has 1 aliphatic carbocycles. The Morgan fingerprint density at radius 3 is 2.59 bits per heavy atom. The maximum absolute atomic E-state index is 4.30. The maximum Gasteiger partial charge on any atom is 0.0598 e. The van der Waals surface area contributed by atoms with Gasteiger partial charge in [0.25, 0.3) is 0 Å². The monoisotopic (exact) mass is 385 g/mol. The van der Waals surface area contributed by atoms with Crippen LogP contribution in [0.5, 0.6) is 0 Å². The van der Waals surface area contributed by atoms with Crippen LogP contribution in [0.3, 0.4) is 0 Å². The highest BCUT2D eigenvalue weighted by Gasteiger charge is 2.31. The van der Waals surface area contributed by atoms with Crippen molar-refractivity contribution in [3.63, 3.8) is 0 Å². The van der Waals surface area contributed by atoms with Crippen LogP contribution in [-0.2, 0) is 13.0 Å². The molecule has 0 spiro atoms. The van der Waals surface area contributed by atoms with E-state index < -0.39 is 0 Å². The van der Waals surface area contributed by atoms with E-state index in [1.165, 1.54) is 67.6 Å². The quantitative estimate of drug-likeness (QED) is 0.744. The van der Waals surface area contributed by atoms with E-state index in [0.717, 1.165) is 13.0 Å². The van der Waals surface area contributed by atoms with Crippen molar-refractivity contribution in [3.05, 3.63) is 89.3 Å². The van der Waals surface area contributed by atoms with E-state index >= 15 is 0 Å². The van der Waals surface area contributed by atoms with Crippen molar-refractivity contribution >= 4 is 0 Å². The molecule has 3 nitrogen and oxygen atoms in total. The first-order valence-electron chi connectivity index (χ1n) is 11.2. The molecule has 3 heterocycles. The predicted molar refractivity (Wildman–Crippen MR) is 119 cm³/mol. The smallest absolute Gasteiger partial charge is 0.0598 e. The van der Waals surface area contributed by atoms with Gasteiger partial charge in [-0.25, -0.2) is 0 Å². The first-order valence-corrected chi connectivity index (χ1v) is 11.2. The summed E-state index contributed by atoms with van der Waals surface area (Å²) in [6.07, 6.45) is 17.2. The van der Waals surface area contributed by atoms with Crippen LogP contribution in [0.1, 0.15) is 48.4 Å². The zero-order valence-corrected chi connectivity index (χ0v) is 17.2. The molecule has 0 amide bonds. The average Bonchev–Trinajstić information content (AvgIpc) is 2.81. The minimum atomic E-state index is 0.404. The van der Waals surface area contributed by atoms with Crippen LogP contribution in [0.25, 0.3) is 0 Å². The molecule has 0 N–H and O–H groups in total. The summed E-state index contributed by atoms with van der Waals surface area (Å²) in [5, 5.41) is 0. The van der Waals surface area contributed by atoms with Gasteiger partial charge in [-0.15, -0.1) is 0 Å². The highest BCUT2D eigenvalue weighted by molar-refractivity contribution is 5.36. The number of aromatic nitrogens is 1. The maximum atomic E-state index is 4.30. The third-order valence-electron chi connectivity index (χ3n) is 6.88. The molecule has 1 saturated heterocycles. The molecule has 5 rings (SSSR count). The number of benzene rings is 1. The zero-order chi connectivity index (χ0) is 19.5. The zero-order valence-electron chi connectivity index (χ0n) is 17.2. The molecule has 3 heteroatoms. The summed E-state index contributed by atoms with van der Waals surface area (Å²) < 4.78 is 0. The van der Waals surface area contributed by atoms with E-state index in [2.05, 4.69) is 75.6 Å². The van der Waals surface area contributed by atoms with E-state index in [9.17, 15) is 0 Å². The molecule has 0 bridgehead atoms. The molecular weight excluding hydrogens is 354 g/mol. The third-order valence-corrected chi connectivity index (χ3v) is 6.88. The molecular formula is C26H31N3. The van der Waals surface area contributed by atoms with Gasteiger partial charge in [-0.05, 0) is 60.4 Å². The summed E-state index contributed by atoms with van der Waals surface area (Å²) in [4.78, 5) is 9.74. The summed E-state index contributed by atoms with van der Waals surface area (Å²) in [6, 6.07) is 14.4. The van der Waals surface area contributed by atoms with Gasteiger partial charge in [0, 0.05) is 44.6 Å². The van der Waals surface area contributed by atoms with Crippen molar-refractivity contribution in [2.24, 2.45) is 0 Å². The second kappa shape index (κ2) is 8.64. The SMILES string of the molecule is C1=CC(C(c2ccccc2)N2CCC(N3CCc4cnccc4C3)CC2)=CCC1. The van der Waals surface area contributed by atoms with E-state index in [-0.39, 0.29) is 0 Å². The summed E-state index contributed by atoms with van der Waals surface area (Å²) in [7, 11) is 0. The van der Waals surface area contributed by atoms with Crippen molar-refractivity contribution in [1.29, 1.82) is 0 Å². The van der Waals surface area contributed by atoms with Crippen LogP contribution in [0.2, 0.25) is 0 Å². The van der Waals surface area contributed by atoms with Gasteiger partial charge in [-0.3, -0.25) is 14.8 Å². The normalized spacial score (nSPS) is 22.1. The number of nitrogens with zero attached hydrogens (tertiary/aromatic N) is 3. The van der Waals surface area contributed by atoms with Gasteiger partial charge in [0.05, 0.1) is 6.04 Å². The number of hydrogen-bond acceptors (Lipinski definition) is 3. The van der Waals surface area contributed by atoms with Crippen molar-refractivity contribution in [2.45, 2.75) is 50.7 Å². The fraction of sp³-hybridized carbons (Fsp3) is 0.423. The van der Waals surface area contributed by atoms with Gasteiger partial charge in [-0.1, -0.05) is 48.6 Å². The van der Waals surface area contributed by atoms with Crippen LogP contribution < -0.4 is 0 Å². The number of pyridine rings is 1. The Balaban J connectivity index is 1.28. The standard InChI is InChI=1S/C26H31N3/c1-3-7-21(8-4-1)26(22-9-5-2-6-10-22)28-17-13-25(14-18-28)29-16-12-23-19-27-15-11-24(23)20-29/h1,3-5,7-11,15,19,25-26H,2,6,12-14,16-18,20H2. The van der Waals surface area contributed by atoms with E-state index in [1.807, 2.05) is 6.20 Å². The van der Waals surface area contributed by atoms with Gasteiger partial charge in [0.2, 0.25) is 0 Å². The third kappa shape index (κ3) is 4.08. The second-order valence-electron chi connectivity index (χ2n) is 8.63. The highest BCUT2D eigenvalue weighted by atomic mass is 15.2. The molecule has 0 radical (unpaired) electrons. The van der Waals surface area contributed by atoms with Crippen molar-refractivity contribution in [2.75, 3.05) is 19.6 Å². The minimum absolute atomic E-state index is 0.404. The highest BCUT2D eigenvalue weighted by Crippen LogP contribution is 2.35. The van der Waals surface area contributed by atoms with Crippen molar-refractivity contribution in [1.82, 2.24) is 14.8 Å². The van der Waals surface area contributed by atoms with Gasteiger partial charge in [-0.2, -0.15) is 0 Å². The minimum Gasteiger partial charge on any atom is -0.296 e. The fourth-order valence-corrected chi connectivity index (χ4v) is 5.30. The van der Waals surface area contributed by atoms with Gasteiger partial charge in [0.1, 0.15) is 0 Å². The van der Waals surface area contributed by atoms with Crippen LogP contribution >= 0.6 is 0 Å². The van der Waals surface area contributed by atoms with E-state index in [1.54, 1.807) is 0 Å². The Kier molecular flexibility index (Phi) is 5.60. The lowest BCUT2D eigenvalue weighted by Crippen LogP contribution is -2.47. The largest absolute Gasteiger partial charge is 0.296 e. The first kappa shape index (κ1) is 18.8. The van der Waals surface area contributed by atoms with Gasteiger partial charge >= 0.3 is 0 Å². The van der Waals surface area contributed by atoms with Crippen molar-refractivity contribution in [3.8, 4) is 0 Å². The fourth-order valence-electron chi connectivity index (χ4n) is 5.30. The molecule has 2 aromatic rings. The summed E-state index contributed by atoms with van der Waals surface area (Å²) in [5.41, 5.74) is 5.85. The lowest BCUT2D eigenvalue weighted by Gasteiger charge is -2.43. The number of allylic oxidation sites excluding steroid dienone is 2. The van der Waals surface area contributed by atoms with Crippen molar-refractivity contribution < 1.29 is 0 Å². The molecule has 3 aliphatic rings. The number of likely N-dealkylation sites (tertiary alicyclic amines) is 1. The number of piperidine rings is 1. The number of rotatable bonds is 4. The van der Waals surface area contributed by atoms with Crippen LogP contribution in [-0.4, -0.2) is 40.5 Å². The molecule has 1 unspecified atom stereocenters. The summed E-state index contributed by atoms with van der Waals surface area (Å²) in [6.45, 7) is 4.63. The first-order chi connectivity index (χ1) is 14.4. The number of hydrogen-bond donors (Lipinski definition) is 0. The van der Waals surface area contributed by atoms with Gasteiger partial charge < -0.3 is 0 Å². The Morgan fingerprint density at radius 2 is 1.79 bits per heavy atom. The molecule has 1 aromatic heterocycles. The molecule has 1 atom stereocenters.